The number of pyridine rings is 1. The van der Waals surface area contributed by atoms with E-state index in [1.165, 1.54) is 5.56 Å². The fraction of sp³-hybridized carbons (Fsp3) is 0.389. The lowest BCUT2D eigenvalue weighted by Gasteiger charge is -2.12. The molecule has 1 unspecified atom stereocenters. The van der Waals surface area contributed by atoms with Gasteiger partial charge in [0.05, 0.1) is 0 Å². The smallest absolute Gasteiger partial charge is 0.191 e. The molecule has 26 heavy (non-hydrogen) atoms. The predicted molar refractivity (Wildman–Crippen MR) is 119 cm³/mol. The third-order valence-corrected chi connectivity index (χ3v) is 4.71. The maximum Gasteiger partial charge on any atom is 0.191 e. The monoisotopic (exact) mass is 484 g/mol. The number of fused-ring (bicyclic) bond motifs is 1. The van der Waals surface area contributed by atoms with Gasteiger partial charge in [-0.05, 0) is 41.4 Å². The summed E-state index contributed by atoms with van der Waals surface area (Å²) in [5.74, 6) is 2.21. The van der Waals surface area contributed by atoms with E-state index in [1.54, 1.807) is 11.3 Å². The Bertz CT molecular complexity index is 814. The van der Waals surface area contributed by atoms with E-state index in [0.29, 0.717) is 5.92 Å². The number of rotatable bonds is 7. The summed E-state index contributed by atoms with van der Waals surface area (Å²) in [7, 11) is 0. The van der Waals surface area contributed by atoms with E-state index < -0.39 is 0 Å². The summed E-state index contributed by atoms with van der Waals surface area (Å²) in [6, 6.07) is 8.09. The van der Waals surface area contributed by atoms with Crippen molar-refractivity contribution in [1.29, 1.82) is 0 Å². The van der Waals surface area contributed by atoms with E-state index in [2.05, 4.69) is 51.5 Å². The molecule has 0 amide bonds. The quantitative estimate of drug-likeness (QED) is 0.307. The van der Waals surface area contributed by atoms with Crippen molar-refractivity contribution in [3.8, 4) is 0 Å². The lowest BCUT2D eigenvalue weighted by molar-refractivity contribution is 0.736. The molecule has 8 heteroatoms. The van der Waals surface area contributed by atoms with Crippen LogP contribution in [0.4, 0.5) is 0 Å². The van der Waals surface area contributed by atoms with Crippen molar-refractivity contribution in [2.45, 2.75) is 26.2 Å². The maximum atomic E-state index is 4.71. The number of hydrogen-bond donors (Lipinski definition) is 2. The Morgan fingerprint density at radius 3 is 2.92 bits per heavy atom. The number of hydrogen-bond acceptors (Lipinski definition) is 4. The van der Waals surface area contributed by atoms with Crippen molar-refractivity contribution in [1.82, 2.24) is 25.2 Å². The van der Waals surface area contributed by atoms with Gasteiger partial charge in [-0.2, -0.15) is 11.3 Å². The van der Waals surface area contributed by atoms with Gasteiger partial charge in [0.15, 0.2) is 11.6 Å². The number of aromatic nitrogens is 3. The summed E-state index contributed by atoms with van der Waals surface area (Å²) in [5.41, 5.74) is 2.22. The summed E-state index contributed by atoms with van der Waals surface area (Å²) in [5, 5.41) is 19.4. The Kier molecular flexibility index (Phi) is 8.30. The summed E-state index contributed by atoms with van der Waals surface area (Å²) in [6.07, 6.45) is 2.78. The van der Waals surface area contributed by atoms with Gasteiger partial charge in [-0.25, -0.2) is 0 Å². The zero-order valence-electron chi connectivity index (χ0n) is 15.1. The zero-order chi connectivity index (χ0) is 17.5. The average molecular weight is 484 g/mol. The number of nitrogens with one attached hydrogen (secondary N) is 2. The highest BCUT2D eigenvalue weighted by atomic mass is 127. The highest BCUT2D eigenvalue weighted by Crippen LogP contribution is 2.18. The van der Waals surface area contributed by atoms with Gasteiger partial charge < -0.3 is 10.6 Å². The van der Waals surface area contributed by atoms with Gasteiger partial charge in [-0.15, -0.1) is 34.2 Å². The van der Waals surface area contributed by atoms with E-state index in [4.69, 9.17) is 4.99 Å². The molecular formula is C18H25IN6S. The first-order valence-corrected chi connectivity index (χ1v) is 9.55. The fourth-order valence-electron chi connectivity index (χ4n) is 2.58. The first-order chi connectivity index (χ1) is 12.3. The first-order valence-electron chi connectivity index (χ1n) is 8.61. The SMILES string of the molecule is CCNC(=NCC(C)c1ccsc1)NCCc1nnc2ccccn12.I. The molecule has 3 aromatic heterocycles. The average Bonchev–Trinajstić information content (AvgIpc) is 3.30. The second-order valence-electron chi connectivity index (χ2n) is 5.90. The van der Waals surface area contributed by atoms with Gasteiger partial charge >= 0.3 is 0 Å². The van der Waals surface area contributed by atoms with Crippen LogP contribution in [-0.2, 0) is 6.42 Å². The highest BCUT2D eigenvalue weighted by molar-refractivity contribution is 14.0. The second kappa shape index (κ2) is 10.5. The van der Waals surface area contributed by atoms with Crippen LogP contribution in [0.15, 0.2) is 46.2 Å². The molecule has 0 saturated heterocycles. The molecule has 0 aromatic carbocycles. The number of nitrogens with zero attached hydrogens (tertiary/aromatic N) is 4. The van der Waals surface area contributed by atoms with Crippen molar-refractivity contribution >= 4 is 46.9 Å². The highest BCUT2D eigenvalue weighted by Gasteiger charge is 2.07. The number of aliphatic imine (C=N–C) groups is 1. The lowest BCUT2D eigenvalue weighted by atomic mass is 10.1. The molecule has 2 N–H and O–H groups in total. The number of guanidine groups is 1. The van der Waals surface area contributed by atoms with Crippen LogP contribution in [0.2, 0.25) is 0 Å². The van der Waals surface area contributed by atoms with Crippen LogP contribution in [0.5, 0.6) is 0 Å². The molecule has 140 valence electrons. The Morgan fingerprint density at radius 1 is 1.27 bits per heavy atom. The molecule has 0 radical (unpaired) electrons. The Morgan fingerprint density at radius 2 is 2.15 bits per heavy atom. The molecule has 3 rings (SSSR count). The van der Waals surface area contributed by atoms with Crippen LogP contribution < -0.4 is 10.6 Å². The molecule has 0 bridgehead atoms. The summed E-state index contributed by atoms with van der Waals surface area (Å²) in [6.45, 7) is 6.64. The van der Waals surface area contributed by atoms with Crippen LogP contribution in [0.1, 0.15) is 31.2 Å². The van der Waals surface area contributed by atoms with E-state index in [9.17, 15) is 0 Å². The Labute approximate surface area is 175 Å². The summed E-state index contributed by atoms with van der Waals surface area (Å²) in [4.78, 5) is 4.71. The Hall–Kier alpha value is -1.68. The second-order valence-corrected chi connectivity index (χ2v) is 6.68. The lowest BCUT2D eigenvalue weighted by Crippen LogP contribution is -2.38. The van der Waals surface area contributed by atoms with Gasteiger partial charge in [0.25, 0.3) is 0 Å². The van der Waals surface area contributed by atoms with Gasteiger partial charge in [0.1, 0.15) is 5.82 Å². The number of halogens is 1. The van der Waals surface area contributed by atoms with Crippen LogP contribution in [0, 0.1) is 0 Å². The summed E-state index contributed by atoms with van der Waals surface area (Å²) >= 11 is 1.73. The molecule has 0 spiro atoms. The predicted octanol–water partition coefficient (Wildman–Crippen LogP) is 3.31. The minimum Gasteiger partial charge on any atom is -0.357 e. The first kappa shape index (κ1) is 20.6. The van der Waals surface area contributed by atoms with E-state index >= 15 is 0 Å². The molecular weight excluding hydrogens is 459 g/mol. The third kappa shape index (κ3) is 5.41. The molecule has 1 atom stereocenters. The van der Waals surface area contributed by atoms with Crippen molar-refractivity contribution in [3.63, 3.8) is 0 Å². The van der Waals surface area contributed by atoms with Crippen molar-refractivity contribution < 1.29 is 0 Å². The van der Waals surface area contributed by atoms with Crippen LogP contribution in [0.3, 0.4) is 0 Å². The minimum absolute atomic E-state index is 0. The molecule has 3 aromatic rings. The van der Waals surface area contributed by atoms with Crippen molar-refractivity contribution in [3.05, 3.63) is 52.6 Å². The molecule has 0 aliphatic carbocycles. The fourth-order valence-corrected chi connectivity index (χ4v) is 3.37. The van der Waals surface area contributed by atoms with Gasteiger partial charge in [-0.3, -0.25) is 9.39 Å². The van der Waals surface area contributed by atoms with Crippen LogP contribution >= 0.6 is 35.3 Å². The maximum absolute atomic E-state index is 4.71. The normalized spacial score (nSPS) is 12.6. The van der Waals surface area contributed by atoms with Gasteiger partial charge in [0, 0.05) is 38.2 Å². The summed E-state index contributed by atoms with van der Waals surface area (Å²) < 4.78 is 2.02. The standard InChI is InChI=1S/C18H24N6S.HI/c1-3-19-18(21-12-14(2)15-8-11-25-13-15)20-9-7-17-23-22-16-6-4-5-10-24(16)17;/h4-6,8,10-11,13-14H,3,7,9,12H2,1-2H3,(H2,19,20,21);1H. The van der Waals surface area contributed by atoms with Crippen molar-refractivity contribution in [2.24, 2.45) is 4.99 Å². The Balaban J connectivity index is 0.00000243. The van der Waals surface area contributed by atoms with Crippen molar-refractivity contribution in [2.75, 3.05) is 19.6 Å². The largest absolute Gasteiger partial charge is 0.357 e. The van der Waals surface area contributed by atoms with E-state index in [1.807, 2.05) is 28.8 Å². The zero-order valence-corrected chi connectivity index (χ0v) is 18.2. The van der Waals surface area contributed by atoms with Crippen LogP contribution in [0.25, 0.3) is 5.65 Å². The molecule has 6 nitrogen and oxygen atoms in total. The molecule has 3 heterocycles. The molecule has 0 aliphatic rings. The molecule has 0 saturated carbocycles. The molecule has 0 fully saturated rings. The topological polar surface area (TPSA) is 66.6 Å². The van der Waals surface area contributed by atoms with Crippen LogP contribution in [-0.4, -0.2) is 40.2 Å². The van der Waals surface area contributed by atoms with Gasteiger partial charge in [0.2, 0.25) is 0 Å². The minimum atomic E-state index is 0. The third-order valence-electron chi connectivity index (χ3n) is 4.01. The van der Waals surface area contributed by atoms with E-state index in [-0.39, 0.29) is 24.0 Å². The van der Waals surface area contributed by atoms with E-state index in [0.717, 1.165) is 43.5 Å². The van der Waals surface area contributed by atoms with Gasteiger partial charge in [-0.1, -0.05) is 13.0 Å². The molecule has 0 aliphatic heterocycles. The number of thiophene rings is 1.